The Hall–Kier alpha value is -1.18. The smallest absolute Gasteiger partial charge is 0.463 e. The summed E-state index contributed by atoms with van der Waals surface area (Å²) in [5.74, 6) is 0.436. The molecular weight excluding hydrogens is 283 g/mol. The summed E-state index contributed by atoms with van der Waals surface area (Å²) in [5.41, 5.74) is 0.0696. The summed E-state index contributed by atoms with van der Waals surface area (Å²) >= 11 is 0. The van der Waals surface area contributed by atoms with Gasteiger partial charge in [0.15, 0.2) is 0 Å². The number of hydrogen-bond acceptors (Lipinski definition) is 6. The lowest BCUT2D eigenvalue weighted by atomic mass is 9.81. The zero-order valence-electron chi connectivity index (χ0n) is 13.7. The van der Waals surface area contributed by atoms with Crippen LogP contribution in [0.4, 0.5) is 0 Å². The first-order valence-electron chi connectivity index (χ1n) is 7.75. The van der Waals surface area contributed by atoms with Crippen LogP contribution in [0.1, 0.15) is 34.1 Å². The van der Waals surface area contributed by atoms with Crippen molar-refractivity contribution in [2.24, 2.45) is 5.92 Å². The summed E-state index contributed by atoms with van der Waals surface area (Å²) in [5, 5.41) is 0. The van der Waals surface area contributed by atoms with Crippen LogP contribution in [0.5, 0.6) is 6.01 Å². The van der Waals surface area contributed by atoms with E-state index in [1.165, 1.54) is 0 Å². The first-order valence-corrected chi connectivity index (χ1v) is 7.75. The highest BCUT2D eigenvalue weighted by Crippen LogP contribution is 2.36. The third kappa shape index (κ3) is 3.11. The molecule has 3 heterocycles. The highest BCUT2D eigenvalue weighted by Gasteiger charge is 2.51. The lowest BCUT2D eigenvalue weighted by molar-refractivity contribution is 0.00578. The Morgan fingerprint density at radius 2 is 1.82 bits per heavy atom. The molecule has 120 valence electrons. The molecule has 0 aromatic carbocycles. The lowest BCUT2D eigenvalue weighted by Crippen LogP contribution is -2.41. The van der Waals surface area contributed by atoms with Crippen molar-refractivity contribution in [3.63, 3.8) is 0 Å². The van der Waals surface area contributed by atoms with Gasteiger partial charge in [0.25, 0.3) is 0 Å². The van der Waals surface area contributed by atoms with Crippen molar-refractivity contribution < 1.29 is 18.8 Å². The molecule has 0 aliphatic carbocycles. The Kier molecular flexibility index (Phi) is 4.14. The number of rotatable bonds is 4. The maximum absolute atomic E-state index is 5.97. The average molecular weight is 306 g/mol. The van der Waals surface area contributed by atoms with E-state index in [-0.39, 0.29) is 11.2 Å². The minimum atomic E-state index is -0.442. The van der Waals surface area contributed by atoms with Gasteiger partial charge in [0, 0.05) is 30.4 Å². The zero-order chi connectivity index (χ0) is 15.8. The molecule has 0 saturated carbocycles. The molecule has 2 aliphatic rings. The second-order valence-electron chi connectivity index (χ2n) is 6.93. The molecular formula is C15H23BN2O4. The summed E-state index contributed by atoms with van der Waals surface area (Å²) < 4.78 is 22.9. The fourth-order valence-electron chi connectivity index (χ4n) is 2.41. The Morgan fingerprint density at radius 3 is 2.36 bits per heavy atom. The van der Waals surface area contributed by atoms with Gasteiger partial charge >= 0.3 is 13.1 Å². The van der Waals surface area contributed by atoms with Gasteiger partial charge in [-0.25, -0.2) is 9.97 Å². The van der Waals surface area contributed by atoms with Crippen molar-refractivity contribution in [2.75, 3.05) is 19.8 Å². The molecule has 1 aromatic rings. The van der Waals surface area contributed by atoms with Gasteiger partial charge in [0.1, 0.15) is 0 Å². The van der Waals surface area contributed by atoms with E-state index in [1.54, 1.807) is 12.4 Å². The molecule has 22 heavy (non-hydrogen) atoms. The van der Waals surface area contributed by atoms with Crippen molar-refractivity contribution in [1.29, 1.82) is 0 Å². The van der Waals surface area contributed by atoms with Crippen molar-refractivity contribution in [1.82, 2.24) is 9.97 Å². The van der Waals surface area contributed by atoms with Gasteiger partial charge in [-0.3, -0.25) is 0 Å². The second kappa shape index (κ2) is 5.79. The standard InChI is InChI=1S/C15H23BN2O4/c1-14(2)15(3,4)22-16(21-14)12-7-17-13(18-8-12)20-10-11-5-6-19-9-11/h7-8,11H,5-6,9-10H2,1-4H3/t11-/m0/s1. The molecule has 3 rings (SSSR count). The van der Waals surface area contributed by atoms with Crippen LogP contribution in [0, 0.1) is 5.92 Å². The van der Waals surface area contributed by atoms with E-state index in [1.807, 2.05) is 27.7 Å². The van der Waals surface area contributed by atoms with Crippen LogP contribution >= 0.6 is 0 Å². The fraction of sp³-hybridized carbons (Fsp3) is 0.733. The number of nitrogens with zero attached hydrogens (tertiary/aromatic N) is 2. The molecule has 2 fully saturated rings. The predicted octanol–water partition coefficient (Wildman–Crippen LogP) is 1.19. The van der Waals surface area contributed by atoms with Crippen LogP contribution in [0.15, 0.2) is 12.4 Å². The van der Waals surface area contributed by atoms with Gasteiger partial charge in [-0.2, -0.15) is 0 Å². The van der Waals surface area contributed by atoms with E-state index in [0.29, 0.717) is 18.5 Å². The van der Waals surface area contributed by atoms with Crippen LogP contribution in [0.25, 0.3) is 0 Å². The van der Waals surface area contributed by atoms with E-state index in [0.717, 1.165) is 25.1 Å². The molecule has 2 saturated heterocycles. The maximum atomic E-state index is 5.97. The minimum absolute atomic E-state index is 0.366. The van der Waals surface area contributed by atoms with E-state index >= 15 is 0 Å². The van der Waals surface area contributed by atoms with Crippen molar-refractivity contribution in [2.45, 2.75) is 45.3 Å². The Balaban J connectivity index is 1.60. The van der Waals surface area contributed by atoms with Crippen molar-refractivity contribution in [3.8, 4) is 6.01 Å². The molecule has 1 atom stereocenters. The highest BCUT2D eigenvalue weighted by molar-refractivity contribution is 6.61. The molecule has 2 aliphatic heterocycles. The van der Waals surface area contributed by atoms with Crippen LogP contribution in [0.2, 0.25) is 0 Å². The van der Waals surface area contributed by atoms with E-state index < -0.39 is 7.12 Å². The molecule has 0 bridgehead atoms. The van der Waals surface area contributed by atoms with Gasteiger partial charge in [-0.1, -0.05) is 0 Å². The van der Waals surface area contributed by atoms with Crippen molar-refractivity contribution >= 4 is 12.6 Å². The number of aromatic nitrogens is 2. The summed E-state index contributed by atoms with van der Waals surface area (Å²) in [4.78, 5) is 8.49. The molecule has 0 N–H and O–H groups in total. The van der Waals surface area contributed by atoms with Gasteiger partial charge in [-0.05, 0) is 34.1 Å². The van der Waals surface area contributed by atoms with Gasteiger partial charge < -0.3 is 18.8 Å². The number of ether oxygens (including phenoxy) is 2. The van der Waals surface area contributed by atoms with Crippen LogP contribution in [-0.4, -0.2) is 48.1 Å². The summed E-state index contributed by atoms with van der Waals surface area (Å²) in [6, 6.07) is 0.382. The van der Waals surface area contributed by atoms with Crippen LogP contribution < -0.4 is 10.2 Å². The first-order chi connectivity index (χ1) is 10.4. The Morgan fingerprint density at radius 1 is 1.18 bits per heavy atom. The third-order valence-corrected chi connectivity index (χ3v) is 4.65. The zero-order valence-corrected chi connectivity index (χ0v) is 13.7. The molecule has 0 radical (unpaired) electrons. The molecule has 7 heteroatoms. The molecule has 0 spiro atoms. The van der Waals surface area contributed by atoms with Gasteiger partial charge in [0.05, 0.1) is 24.4 Å². The minimum Gasteiger partial charge on any atom is -0.463 e. The third-order valence-electron chi connectivity index (χ3n) is 4.65. The Labute approximate surface area is 131 Å². The normalized spacial score (nSPS) is 26.4. The summed E-state index contributed by atoms with van der Waals surface area (Å²) in [6.07, 6.45) is 4.44. The van der Waals surface area contributed by atoms with Gasteiger partial charge in [0.2, 0.25) is 0 Å². The first kappa shape index (κ1) is 15.7. The largest absolute Gasteiger partial charge is 0.498 e. The average Bonchev–Trinajstić information content (AvgIpc) is 3.04. The van der Waals surface area contributed by atoms with Crippen LogP contribution in [0.3, 0.4) is 0 Å². The molecule has 6 nitrogen and oxygen atoms in total. The quantitative estimate of drug-likeness (QED) is 0.779. The monoisotopic (exact) mass is 306 g/mol. The van der Waals surface area contributed by atoms with E-state index in [2.05, 4.69) is 9.97 Å². The highest BCUT2D eigenvalue weighted by atomic mass is 16.7. The van der Waals surface area contributed by atoms with E-state index in [9.17, 15) is 0 Å². The SMILES string of the molecule is CC1(C)OB(c2cnc(OC[C@H]3CCOC3)nc2)OC1(C)C. The van der Waals surface area contributed by atoms with Crippen LogP contribution in [-0.2, 0) is 14.0 Å². The lowest BCUT2D eigenvalue weighted by Gasteiger charge is -2.32. The topological polar surface area (TPSA) is 62.7 Å². The number of hydrogen-bond donors (Lipinski definition) is 0. The Bertz CT molecular complexity index is 499. The van der Waals surface area contributed by atoms with E-state index in [4.69, 9.17) is 18.8 Å². The molecule has 1 aromatic heterocycles. The predicted molar refractivity (Wildman–Crippen MR) is 82.2 cm³/mol. The fourth-order valence-corrected chi connectivity index (χ4v) is 2.41. The van der Waals surface area contributed by atoms with Crippen molar-refractivity contribution in [3.05, 3.63) is 12.4 Å². The summed E-state index contributed by atoms with van der Waals surface area (Å²) in [6.45, 7) is 10.3. The summed E-state index contributed by atoms with van der Waals surface area (Å²) in [7, 11) is -0.442. The molecule has 0 unspecified atom stereocenters. The second-order valence-corrected chi connectivity index (χ2v) is 6.93. The van der Waals surface area contributed by atoms with Gasteiger partial charge in [-0.15, -0.1) is 0 Å². The maximum Gasteiger partial charge on any atom is 0.498 e. The molecule has 0 amide bonds.